The third-order valence-electron chi connectivity index (χ3n) is 7.39. The van der Waals surface area contributed by atoms with Gasteiger partial charge in [0.25, 0.3) is 0 Å². The topological polar surface area (TPSA) is 46.9 Å². The lowest BCUT2D eigenvalue weighted by atomic mass is 9.96. The molecule has 1 aromatic carbocycles. The Labute approximate surface area is 230 Å². The van der Waals surface area contributed by atoms with Gasteiger partial charge in [0.15, 0.2) is 5.43 Å². The highest BCUT2D eigenvalue weighted by atomic mass is 16.5. The van der Waals surface area contributed by atoms with Crippen LogP contribution in [-0.4, -0.2) is 73.0 Å². The number of hydrogen-bond acceptors (Lipinski definition) is 5. The Morgan fingerprint density at radius 2 is 1.47 bits per heavy atom. The molecule has 6 nitrogen and oxygen atoms in total. The lowest BCUT2D eigenvalue weighted by Crippen LogP contribution is -2.29. The van der Waals surface area contributed by atoms with Gasteiger partial charge >= 0.3 is 0 Å². The van der Waals surface area contributed by atoms with Gasteiger partial charge in [0.2, 0.25) is 0 Å². The maximum absolute atomic E-state index is 13.4. The lowest BCUT2D eigenvalue weighted by Gasteiger charge is -2.24. The van der Waals surface area contributed by atoms with Crippen molar-refractivity contribution >= 4 is 17.0 Å². The summed E-state index contributed by atoms with van der Waals surface area (Å²) < 4.78 is 14.4. The molecular weight excluding hydrogens is 474 g/mol. The Morgan fingerprint density at radius 1 is 0.868 bits per heavy atom. The van der Waals surface area contributed by atoms with Gasteiger partial charge in [-0.2, -0.15) is 0 Å². The van der Waals surface area contributed by atoms with Crippen LogP contribution in [0, 0.1) is 0 Å². The number of pyridine rings is 1. The zero-order chi connectivity index (χ0) is 27.3. The molecule has 1 heterocycles. The predicted molar refractivity (Wildman–Crippen MR) is 160 cm³/mol. The summed E-state index contributed by atoms with van der Waals surface area (Å²) in [7, 11) is 2.04. The Kier molecular flexibility index (Phi) is 12.9. The highest BCUT2D eigenvalue weighted by Gasteiger charge is 2.21. The van der Waals surface area contributed by atoms with Crippen LogP contribution < -0.4 is 10.2 Å². The monoisotopic (exact) mass is 525 g/mol. The number of ether oxygens (including phenoxy) is 2. The molecule has 0 N–H and O–H groups in total. The van der Waals surface area contributed by atoms with Crippen molar-refractivity contribution in [2.24, 2.45) is 7.05 Å². The molecule has 1 atom stereocenters. The van der Waals surface area contributed by atoms with Gasteiger partial charge in [-0.1, -0.05) is 33.8 Å². The second-order valence-electron chi connectivity index (χ2n) is 10.6. The Bertz CT molecular complexity index is 1070. The third kappa shape index (κ3) is 8.42. The number of benzene rings is 1. The van der Waals surface area contributed by atoms with E-state index in [-0.39, 0.29) is 11.5 Å². The first kappa shape index (κ1) is 30.4. The van der Waals surface area contributed by atoms with Gasteiger partial charge in [0, 0.05) is 55.9 Å². The number of rotatable bonds is 18. The van der Waals surface area contributed by atoms with E-state index >= 15 is 0 Å². The van der Waals surface area contributed by atoms with Crippen molar-refractivity contribution in [3.8, 4) is 5.75 Å². The van der Waals surface area contributed by atoms with Gasteiger partial charge in [0.05, 0.1) is 18.2 Å². The summed E-state index contributed by atoms with van der Waals surface area (Å²) in [5.74, 6) is 0.825. The van der Waals surface area contributed by atoms with Crippen molar-refractivity contribution in [2.45, 2.75) is 78.7 Å². The summed E-state index contributed by atoms with van der Waals surface area (Å²) in [5.41, 5.74) is 2.86. The molecule has 0 fully saturated rings. The summed E-state index contributed by atoms with van der Waals surface area (Å²) >= 11 is 0. The molecule has 1 aliphatic rings. The molecule has 0 radical (unpaired) electrons. The van der Waals surface area contributed by atoms with Gasteiger partial charge in [0.1, 0.15) is 5.75 Å². The standard InChI is InChI=1S/C32H51N3O3/c1-6-16-34(17-7-2)20-10-22-37-26-13-15-30-29(24-26)32(36)28-14-12-27(25-31(28)33(30)5)38-23-11-21-35(18-8-3)19-9-4/h12-15,25-26H,6-11,16-24H2,1-5H3. The molecule has 0 saturated heterocycles. The van der Waals surface area contributed by atoms with Crippen LogP contribution in [0.4, 0.5) is 0 Å². The minimum absolute atomic E-state index is 0.0407. The fourth-order valence-electron chi connectivity index (χ4n) is 5.61. The van der Waals surface area contributed by atoms with E-state index in [2.05, 4.69) is 54.2 Å². The zero-order valence-electron chi connectivity index (χ0n) is 24.6. The fourth-order valence-corrected chi connectivity index (χ4v) is 5.61. The molecular formula is C32H51N3O3. The maximum atomic E-state index is 13.4. The molecule has 6 heteroatoms. The van der Waals surface area contributed by atoms with Crippen molar-refractivity contribution in [2.75, 3.05) is 52.5 Å². The number of nitrogens with zero attached hydrogens (tertiary/aromatic N) is 3. The molecule has 0 aliphatic heterocycles. The highest BCUT2D eigenvalue weighted by Crippen LogP contribution is 2.25. The van der Waals surface area contributed by atoms with E-state index in [1.807, 2.05) is 25.2 Å². The molecule has 0 saturated carbocycles. The van der Waals surface area contributed by atoms with Gasteiger partial charge < -0.3 is 23.8 Å². The van der Waals surface area contributed by atoms with Gasteiger partial charge in [-0.15, -0.1) is 0 Å². The molecule has 0 amide bonds. The SMILES string of the molecule is CCCN(CCC)CCCOc1ccc2c(=O)c3c(n(C)c2c1)C=CC(OCCCN(CCC)CCC)C3. The lowest BCUT2D eigenvalue weighted by molar-refractivity contribution is 0.0760. The quantitative estimate of drug-likeness (QED) is 0.227. The van der Waals surface area contributed by atoms with E-state index in [1.165, 1.54) is 25.7 Å². The summed E-state index contributed by atoms with van der Waals surface area (Å²) in [6, 6.07) is 5.89. The van der Waals surface area contributed by atoms with E-state index in [4.69, 9.17) is 9.47 Å². The molecule has 1 aliphatic carbocycles. The number of aromatic nitrogens is 1. The zero-order valence-corrected chi connectivity index (χ0v) is 24.6. The van der Waals surface area contributed by atoms with Crippen molar-refractivity contribution < 1.29 is 9.47 Å². The third-order valence-corrected chi connectivity index (χ3v) is 7.39. The average Bonchev–Trinajstić information content (AvgIpc) is 2.92. The summed E-state index contributed by atoms with van der Waals surface area (Å²) in [6.07, 6.45) is 11.5. The van der Waals surface area contributed by atoms with Crippen LogP contribution in [0.2, 0.25) is 0 Å². The van der Waals surface area contributed by atoms with Crippen LogP contribution in [0.25, 0.3) is 17.0 Å². The van der Waals surface area contributed by atoms with Crippen LogP contribution in [-0.2, 0) is 18.2 Å². The van der Waals surface area contributed by atoms with Crippen LogP contribution >= 0.6 is 0 Å². The molecule has 2 aromatic rings. The van der Waals surface area contributed by atoms with E-state index in [1.54, 1.807) is 0 Å². The first-order valence-electron chi connectivity index (χ1n) is 15.0. The number of hydrogen-bond donors (Lipinski definition) is 0. The molecule has 212 valence electrons. The van der Waals surface area contributed by atoms with Gasteiger partial charge in [-0.3, -0.25) is 4.79 Å². The molecule has 38 heavy (non-hydrogen) atoms. The Balaban J connectivity index is 1.60. The summed E-state index contributed by atoms with van der Waals surface area (Å²) in [4.78, 5) is 18.5. The number of aryl methyl sites for hydroxylation is 1. The predicted octanol–water partition coefficient (Wildman–Crippen LogP) is 5.90. The van der Waals surface area contributed by atoms with Gasteiger partial charge in [-0.05, 0) is 82.9 Å². The molecule has 0 bridgehead atoms. The average molecular weight is 526 g/mol. The molecule has 1 unspecified atom stereocenters. The summed E-state index contributed by atoms with van der Waals surface area (Å²) in [6.45, 7) is 17.1. The van der Waals surface area contributed by atoms with E-state index in [0.29, 0.717) is 13.0 Å². The molecule has 1 aromatic heterocycles. The Morgan fingerprint density at radius 3 is 2.08 bits per heavy atom. The van der Waals surface area contributed by atoms with Gasteiger partial charge in [-0.25, -0.2) is 0 Å². The second-order valence-corrected chi connectivity index (χ2v) is 10.6. The van der Waals surface area contributed by atoms with E-state index < -0.39 is 0 Å². The van der Waals surface area contributed by atoms with E-state index in [0.717, 1.165) is 86.6 Å². The van der Waals surface area contributed by atoms with Crippen LogP contribution in [0.5, 0.6) is 5.75 Å². The highest BCUT2D eigenvalue weighted by molar-refractivity contribution is 5.83. The van der Waals surface area contributed by atoms with Crippen LogP contribution in [0.15, 0.2) is 29.1 Å². The molecule has 0 spiro atoms. The van der Waals surface area contributed by atoms with Crippen molar-refractivity contribution in [1.82, 2.24) is 14.4 Å². The van der Waals surface area contributed by atoms with E-state index in [9.17, 15) is 4.79 Å². The largest absolute Gasteiger partial charge is 0.493 e. The smallest absolute Gasteiger partial charge is 0.193 e. The van der Waals surface area contributed by atoms with Crippen LogP contribution in [0.1, 0.15) is 77.5 Å². The first-order chi connectivity index (χ1) is 18.5. The van der Waals surface area contributed by atoms with Crippen molar-refractivity contribution in [3.05, 3.63) is 45.8 Å². The minimum atomic E-state index is -0.0407. The summed E-state index contributed by atoms with van der Waals surface area (Å²) in [5, 5.41) is 0.750. The fraction of sp³-hybridized carbons (Fsp3) is 0.656. The van der Waals surface area contributed by atoms with Crippen molar-refractivity contribution in [1.29, 1.82) is 0 Å². The first-order valence-corrected chi connectivity index (χ1v) is 15.0. The molecule has 3 rings (SSSR count). The Hall–Kier alpha value is -2.15. The maximum Gasteiger partial charge on any atom is 0.193 e. The minimum Gasteiger partial charge on any atom is -0.493 e. The normalized spacial score (nSPS) is 15.1. The number of fused-ring (bicyclic) bond motifs is 2. The van der Waals surface area contributed by atoms with Crippen molar-refractivity contribution in [3.63, 3.8) is 0 Å². The van der Waals surface area contributed by atoms with Crippen LogP contribution in [0.3, 0.4) is 0 Å². The second kappa shape index (κ2) is 16.1.